The molecule has 10 heteroatoms. The molecule has 0 spiro atoms. The molecule has 0 aliphatic carbocycles. The monoisotopic (exact) mass is 529 g/mol. The Kier molecular flexibility index (Phi) is 5.89. The van der Waals surface area contributed by atoms with Gasteiger partial charge in [0.15, 0.2) is 5.54 Å². The van der Waals surface area contributed by atoms with Gasteiger partial charge in [0.05, 0.1) is 13.7 Å². The Morgan fingerprint density at radius 1 is 1.12 bits per heavy atom. The summed E-state index contributed by atoms with van der Waals surface area (Å²) < 4.78 is 11.3. The molecular formula is C24H24BrN3O6. The largest absolute Gasteiger partial charge is 0.497 e. The Labute approximate surface area is 205 Å². The van der Waals surface area contributed by atoms with Crippen LogP contribution in [-0.4, -0.2) is 53.0 Å². The predicted octanol–water partition coefficient (Wildman–Crippen LogP) is 3.80. The lowest BCUT2D eigenvalue weighted by Gasteiger charge is -2.31. The van der Waals surface area contributed by atoms with Crippen LogP contribution in [0, 0.1) is 0 Å². The number of nitrogens with one attached hydrogen (secondary N) is 1. The molecule has 1 N–H and O–H groups in total. The van der Waals surface area contributed by atoms with Gasteiger partial charge in [-0.2, -0.15) is 4.90 Å². The molecule has 1 saturated heterocycles. The third kappa shape index (κ3) is 4.13. The van der Waals surface area contributed by atoms with Gasteiger partial charge in [-0.05, 0) is 62.2 Å². The summed E-state index contributed by atoms with van der Waals surface area (Å²) in [5.74, 6) is -0.486. The summed E-state index contributed by atoms with van der Waals surface area (Å²) in [7, 11) is 1.54. The molecule has 34 heavy (non-hydrogen) atoms. The fourth-order valence-electron chi connectivity index (χ4n) is 4.08. The van der Waals surface area contributed by atoms with Crippen molar-refractivity contribution in [3.05, 3.63) is 63.6 Å². The van der Waals surface area contributed by atoms with Crippen molar-refractivity contribution in [2.75, 3.05) is 13.7 Å². The summed E-state index contributed by atoms with van der Waals surface area (Å²) in [6.45, 7) is 4.97. The summed E-state index contributed by atoms with van der Waals surface area (Å²) in [6.07, 6.45) is -1.07. The van der Waals surface area contributed by atoms with E-state index in [2.05, 4.69) is 21.2 Å². The van der Waals surface area contributed by atoms with E-state index < -0.39 is 29.2 Å². The lowest BCUT2D eigenvalue weighted by Crippen LogP contribution is -2.53. The maximum absolute atomic E-state index is 13.7. The zero-order chi connectivity index (χ0) is 24.8. The van der Waals surface area contributed by atoms with Crippen LogP contribution in [0.3, 0.4) is 0 Å². The maximum Gasteiger partial charge on any atom is 0.425 e. The smallest absolute Gasteiger partial charge is 0.425 e. The number of urea groups is 1. The number of nitrogens with zero attached hydrogens (tertiary/aromatic N) is 2. The number of ether oxygens (including phenoxy) is 2. The topological polar surface area (TPSA) is 105 Å². The molecule has 178 valence electrons. The number of benzene rings is 2. The van der Waals surface area contributed by atoms with Crippen LogP contribution < -0.4 is 10.1 Å². The van der Waals surface area contributed by atoms with Gasteiger partial charge in [0.25, 0.3) is 11.8 Å². The standard InChI is InChI=1S/C24H24BrN3O6/c1-23(2,3)34-22(32)28-20(30)24(26-21(28)31,15-5-7-16(25)8-6-15)13-27-12-14-11-17(33-4)9-10-18(14)19(27)29/h5-11H,12-13H2,1-4H3,(H,26,31). The normalized spacial score (nSPS) is 19.9. The van der Waals surface area contributed by atoms with Crippen LogP contribution in [0.25, 0.3) is 0 Å². The molecule has 9 nitrogen and oxygen atoms in total. The SMILES string of the molecule is COc1ccc2c(c1)CN(CC1(c3ccc(Br)cc3)NC(=O)N(C(=O)OC(C)(C)C)C1=O)C2=O. The third-order valence-corrected chi connectivity index (χ3v) is 6.15. The molecule has 0 bridgehead atoms. The molecule has 0 radical (unpaired) electrons. The first-order valence-corrected chi connectivity index (χ1v) is 11.4. The number of hydrogen-bond acceptors (Lipinski definition) is 6. The number of methoxy groups -OCH3 is 1. The molecule has 5 amide bonds. The Bertz CT molecular complexity index is 1190. The Morgan fingerprint density at radius 2 is 1.79 bits per heavy atom. The fraction of sp³-hybridized carbons (Fsp3) is 0.333. The van der Waals surface area contributed by atoms with E-state index in [0.29, 0.717) is 21.8 Å². The molecule has 1 unspecified atom stereocenters. The van der Waals surface area contributed by atoms with Crippen LogP contribution in [0.15, 0.2) is 46.9 Å². The second kappa shape index (κ2) is 8.43. The van der Waals surface area contributed by atoms with Crippen LogP contribution in [0.2, 0.25) is 0 Å². The Balaban J connectivity index is 1.72. The average molecular weight is 530 g/mol. The Morgan fingerprint density at radius 3 is 2.41 bits per heavy atom. The van der Waals surface area contributed by atoms with Gasteiger partial charge in [-0.1, -0.05) is 28.1 Å². The van der Waals surface area contributed by atoms with E-state index in [9.17, 15) is 19.2 Å². The van der Waals surface area contributed by atoms with Crippen LogP contribution in [-0.2, 0) is 21.6 Å². The number of carbonyl (C=O) groups excluding carboxylic acids is 4. The van der Waals surface area contributed by atoms with Crippen molar-refractivity contribution in [2.45, 2.75) is 38.5 Å². The van der Waals surface area contributed by atoms with Crippen LogP contribution in [0.4, 0.5) is 9.59 Å². The van der Waals surface area contributed by atoms with Crippen LogP contribution in [0.5, 0.6) is 5.75 Å². The molecule has 4 rings (SSSR count). The molecule has 0 aromatic heterocycles. The fourth-order valence-corrected chi connectivity index (χ4v) is 4.34. The van der Waals surface area contributed by atoms with E-state index in [0.717, 1.165) is 10.0 Å². The first-order chi connectivity index (χ1) is 15.9. The minimum atomic E-state index is -1.67. The van der Waals surface area contributed by atoms with Crippen molar-refractivity contribution < 1.29 is 28.7 Å². The summed E-state index contributed by atoms with van der Waals surface area (Å²) >= 11 is 3.36. The molecule has 1 fully saturated rings. The van der Waals surface area contributed by atoms with Gasteiger partial charge in [-0.15, -0.1) is 0 Å². The van der Waals surface area contributed by atoms with Crippen molar-refractivity contribution >= 4 is 39.9 Å². The lowest BCUT2D eigenvalue weighted by atomic mass is 9.89. The minimum absolute atomic E-state index is 0.172. The summed E-state index contributed by atoms with van der Waals surface area (Å²) in [5.41, 5.74) is -0.909. The first-order valence-electron chi connectivity index (χ1n) is 10.6. The van der Waals surface area contributed by atoms with Crippen molar-refractivity contribution in [3.8, 4) is 5.75 Å². The maximum atomic E-state index is 13.7. The lowest BCUT2D eigenvalue weighted by molar-refractivity contribution is -0.131. The van der Waals surface area contributed by atoms with Gasteiger partial charge in [-0.3, -0.25) is 9.59 Å². The van der Waals surface area contributed by atoms with E-state index in [1.165, 1.54) is 12.0 Å². The van der Waals surface area contributed by atoms with E-state index in [1.54, 1.807) is 63.2 Å². The van der Waals surface area contributed by atoms with Crippen molar-refractivity contribution in [2.24, 2.45) is 0 Å². The van der Waals surface area contributed by atoms with Gasteiger partial charge in [0.2, 0.25) is 0 Å². The highest BCUT2D eigenvalue weighted by Crippen LogP contribution is 2.35. The number of rotatable bonds is 4. The number of amides is 5. The van der Waals surface area contributed by atoms with Crippen molar-refractivity contribution in [1.82, 2.24) is 15.1 Å². The van der Waals surface area contributed by atoms with Crippen LogP contribution in [0.1, 0.15) is 42.3 Å². The van der Waals surface area contributed by atoms with E-state index in [1.807, 2.05) is 0 Å². The molecular weight excluding hydrogens is 506 g/mol. The van der Waals surface area contributed by atoms with E-state index in [-0.39, 0.29) is 19.0 Å². The third-order valence-electron chi connectivity index (χ3n) is 5.62. The first kappa shape index (κ1) is 23.7. The molecule has 2 aliphatic heterocycles. The summed E-state index contributed by atoms with van der Waals surface area (Å²) in [6, 6.07) is 11.0. The van der Waals surface area contributed by atoms with Gasteiger partial charge in [-0.25, -0.2) is 9.59 Å². The quantitative estimate of drug-likeness (QED) is 0.604. The van der Waals surface area contributed by atoms with Gasteiger partial charge in [0.1, 0.15) is 11.4 Å². The second-order valence-corrected chi connectivity index (χ2v) is 10.1. The van der Waals surface area contributed by atoms with Crippen LogP contribution >= 0.6 is 15.9 Å². The van der Waals surface area contributed by atoms with Crippen molar-refractivity contribution in [3.63, 3.8) is 0 Å². The van der Waals surface area contributed by atoms with E-state index >= 15 is 0 Å². The highest BCUT2D eigenvalue weighted by atomic mass is 79.9. The minimum Gasteiger partial charge on any atom is -0.497 e. The number of halogens is 1. The number of imide groups is 3. The highest BCUT2D eigenvalue weighted by Gasteiger charge is 2.57. The average Bonchev–Trinajstić information content (AvgIpc) is 3.20. The second-order valence-electron chi connectivity index (χ2n) is 9.15. The zero-order valence-corrected chi connectivity index (χ0v) is 20.8. The molecule has 1 atom stereocenters. The predicted molar refractivity (Wildman–Crippen MR) is 125 cm³/mol. The van der Waals surface area contributed by atoms with Gasteiger partial charge in [0, 0.05) is 16.6 Å². The molecule has 2 aromatic rings. The van der Waals surface area contributed by atoms with Gasteiger partial charge >= 0.3 is 12.1 Å². The zero-order valence-electron chi connectivity index (χ0n) is 19.2. The van der Waals surface area contributed by atoms with Gasteiger partial charge < -0.3 is 19.7 Å². The summed E-state index contributed by atoms with van der Waals surface area (Å²) in [4.78, 5) is 54.4. The number of carbonyl (C=O) groups is 4. The molecule has 2 aliphatic rings. The van der Waals surface area contributed by atoms with E-state index in [4.69, 9.17) is 9.47 Å². The Hall–Kier alpha value is -3.40. The molecule has 2 heterocycles. The number of hydrogen-bond donors (Lipinski definition) is 1. The molecule has 2 aromatic carbocycles. The molecule has 0 saturated carbocycles. The number of fused-ring (bicyclic) bond motifs is 1. The van der Waals surface area contributed by atoms with Crippen molar-refractivity contribution in [1.29, 1.82) is 0 Å². The highest BCUT2D eigenvalue weighted by molar-refractivity contribution is 9.10. The summed E-state index contributed by atoms with van der Waals surface area (Å²) in [5, 5.41) is 2.67.